The van der Waals surface area contributed by atoms with Crippen molar-refractivity contribution >= 4 is 118 Å². The number of rotatable bonds is 98. The Morgan fingerprint density at radius 3 is 0.593 bits per heavy atom. The molecule has 0 saturated carbocycles. The van der Waals surface area contributed by atoms with Crippen LogP contribution < -0.4 is 0 Å². The van der Waals surface area contributed by atoms with Crippen LogP contribution in [0.15, 0.2) is 0 Å². The van der Waals surface area contributed by atoms with Gasteiger partial charge in [-0.15, -0.1) is 0 Å². The number of ether oxygens (including phenoxy) is 16. The van der Waals surface area contributed by atoms with Gasteiger partial charge in [0.15, 0.2) is 0 Å². The monoisotopic (exact) mass is 1770 g/mol. The smallest absolute Gasteiger partial charge is 0.223 e. The number of hydrogen-bond acceptors (Lipinski definition) is 28. The Bertz CT molecular complexity index is 1990. The Kier molecular flexibility index (Phi) is 95.8. The Morgan fingerprint density at radius 1 is 0.212 bits per heavy atom. The van der Waals surface area contributed by atoms with Gasteiger partial charge in [-0.1, -0.05) is 26.7 Å². The summed E-state index contributed by atoms with van der Waals surface area (Å²) in [7, 11) is 6.62. The van der Waals surface area contributed by atoms with E-state index in [1.54, 1.807) is 28.4 Å². The van der Waals surface area contributed by atoms with E-state index in [2.05, 4.69) is 6.92 Å². The molecule has 0 radical (unpaired) electrons. The van der Waals surface area contributed by atoms with Gasteiger partial charge in [-0.25, -0.2) is 0 Å². The molecule has 0 aromatic heterocycles. The fourth-order valence-corrected chi connectivity index (χ4v) is 17.8. The minimum atomic E-state index is 0.186. The summed E-state index contributed by atoms with van der Waals surface area (Å²) in [6, 6.07) is 0. The average Bonchev–Trinajstić information content (AvgIpc) is 0.963. The van der Waals surface area contributed by atoms with Crippen molar-refractivity contribution in [2.24, 2.45) is 0 Å². The second-order valence-corrected chi connectivity index (χ2v) is 36.0. The predicted octanol–water partition coefficient (Wildman–Crippen LogP) is 12.4. The van der Waals surface area contributed by atoms with Crippen LogP contribution in [0, 0.1) is 0 Å². The molecule has 0 bridgehead atoms. The van der Waals surface area contributed by atoms with Crippen molar-refractivity contribution < 1.29 is 96.3 Å². The average molecular weight is 1770 g/mol. The third-order valence-corrected chi connectivity index (χ3v) is 25.7. The van der Waals surface area contributed by atoms with Crippen molar-refractivity contribution in [2.75, 3.05) is 358 Å². The zero-order valence-corrected chi connectivity index (χ0v) is 77.7. The van der Waals surface area contributed by atoms with Crippen LogP contribution in [0.4, 0.5) is 0 Å². The van der Waals surface area contributed by atoms with Crippen LogP contribution in [0.1, 0.15) is 137 Å². The fraction of sp³-hybridized carbons (Fsp3) is 0.951. The number of hydrogen-bond donors (Lipinski definition) is 0. The Morgan fingerprint density at radius 2 is 0.389 bits per heavy atom. The first kappa shape index (κ1) is 111. The molecule has 0 aliphatic heterocycles. The van der Waals surface area contributed by atoms with Crippen molar-refractivity contribution in [3.63, 3.8) is 0 Å². The molecule has 113 heavy (non-hydrogen) atoms. The molecule has 0 aromatic rings. The van der Waals surface area contributed by atoms with E-state index in [4.69, 9.17) is 77.2 Å². The summed E-state index contributed by atoms with van der Waals surface area (Å²) in [4.78, 5) is 61.8. The number of carbonyl (C=O) groups excluding carboxylic acids is 4. The largest absolute Gasteiger partial charge is 0.382 e. The second kappa shape index (κ2) is 97.5. The Hall–Kier alpha value is 0.0400. The normalized spacial score (nSPS) is 11.7. The van der Waals surface area contributed by atoms with E-state index in [1.165, 1.54) is 18.6 Å². The number of nitrogens with zero attached hydrogens (tertiary/aromatic N) is 4. The molecule has 0 fully saturated rings. The van der Waals surface area contributed by atoms with Gasteiger partial charge in [0.2, 0.25) is 23.6 Å². The maximum Gasteiger partial charge on any atom is 0.223 e. The molecule has 0 rings (SSSR count). The lowest BCUT2D eigenvalue weighted by atomic mass is 10.3. The zero-order chi connectivity index (χ0) is 82.5. The van der Waals surface area contributed by atoms with Gasteiger partial charge in [0, 0.05) is 131 Å². The van der Waals surface area contributed by atoms with Crippen molar-refractivity contribution in [2.45, 2.75) is 136 Å². The molecule has 0 aliphatic rings. The molecule has 0 atom stereocenters. The molecule has 672 valence electrons. The van der Waals surface area contributed by atoms with Crippen molar-refractivity contribution in [1.29, 1.82) is 0 Å². The molecular formula is C81H160N4O20S8. The van der Waals surface area contributed by atoms with E-state index < -0.39 is 0 Å². The topological polar surface area (TPSA) is 229 Å². The second-order valence-electron chi connectivity index (χ2n) is 26.2. The molecule has 24 nitrogen and oxygen atoms in total. The van der Waals surface area contributed by atoms with E-state index in [1.807, 2.05) is 114 Å². The molecule has 0 spiro atoms. The highest BCUT2D eigenvalue weighted by molar-refractivity contribution is 8.00. The van der Waals surface area contributed by atoms with Crippen LogP contribution in [0.5, 0.6) is 0 Å². The van der Waals surface area contributed by atoms with Crippen molar-refractivity contribution in [3.05, 3.63) is 0 Å². The summed E-state index contributed by atoms with van der Waals surface area (Å²) >= 11 is 15.4. The minimum Gasteiger partial charge on any atom is -0.382 e. The Labute approximate surface area is 722 Å². The van der Waals surface area contributed by atoms with E-state index in [9.17, 15) is 19.2 Å². The van der Waals surface area contributed by atoms with Crippen LogP contribution >= 0.6 is 94.1 Å². The fourth-order valence-electron chi connectivity index (χ4n) is 10.2. The van der Waals surface area contributed by atoms with Crippen LogP contribution in [0.2, 0.25) is 0 Å². The van der Waals surface area contributed by atoms with E-state index in [-0.39, 0.29) is 23.6 Å². The number of thioether (sulfide) groups is 8. The number of carbonyl (C=O) groups is 4. The first-order valence-corrected chi connectivity index (χ1v) is 51.4. The third kappa shape index (κ3) is 85.4. The molecule has 32 heteroatoms. The molecule has 0 heterocycles. The molecular weight excluding hydrogens is 1610 g/mol. The SMILES string of the molecule is [2H]CCCCSCCCCSCCC(=O)N(CCCSCCCCSCCC(=O)N(CCCSCCCCSCCC(=O)N(CCCSCCCCSCCC(=O)N(CCCC)CCOCCOCCOCCOC)CCOCCOCCOCCOC)CCOCCOCCOCCOC)CCOCCOCCOCCOC. The van der Waals surface area contributed by atoms with Gasteiger partial charge in [0.1, 0.15) is 0 Å². The maximum atomic E-state index is 13.7. The highest BCUT2D eigenvalue weighted by Crippen LogP contribution is 2.18. The molecule has 0 N–H and O–H groups in total. The van der Waals surface area contributed by atoms with Crippen molar-refractivity contribution in [1.82, 2.24) is 19.6 Å². The lowest BCUT2D eigenvalue weighted by Crippen LogP contribution is -2.35. The minimum absolute atomic E-state index is 0.186. The van der Waals surface area contributed by atoms with Gasteiger partial charge < -0.3 is 95.4 Å². The molecule has 0 aromatic carbocycles. The summed E-state index contributed by atoms with van der Waals surface area (Å²) in [5.74, 6) is 16.8. The highest BCUT2D eigenvalue weighted by Gasteiger charge is 2.18. The molecule has 0 aliphatic carbocycles. The summed E-state index contributed by atoms with van der Waals surface area (Å²) < 4.78 is 95.2. The van der Waals surface area contributed by atoms with Crippen LogP contribution in [0.3, 0.4) is 0 Å². The van der Waals surface area contributed by atoms with Gasteiger partial charge in [-0.2, -0.15) is 94.1 Å². The van der Waals surface area contributed by atoms with E-state index in [0.29, 0.717) is 250 Å². The number of amides is 4. The van der Waals surface area contributed by atoms with Crippen LogP contribution in [-0.4, -0.2) is 401 Å². The lowest BCUT2D eigenvalue weighted by Gasteiger charge is -2.23. The predicted molar refractivity (Wildman–Crippen MR) is 481 cm³/mol. The zero-order valence-electron chi connectivity index (χ0n) is 72.1. The first-order valence-electron chi connectivity index (χ1n) is 42.9. The quantitative estimate of drug-likeness (QED) is 0.0515. The van der Waals surface area contributed by atoms with Crippen molar-refractivity contribution in [3.8, 4) is 0 Å². The number of methoxy groups -OCH3 is 4. The summed E-state index contributed by atoms with van der Waals surface area (Å²) in [6.45, 7) is 22.3. The van der Waals surface area contributed by atoms with Gasteiger partial charge in [-0.3, -0.25) is 19.2 Å². The van der Waals surface area contributed by atoms with E-state index >= 15 is 0 Å². The van der Waals surface area contributed by atoms with E-state index in [0.717, 1.165) is 189 Å². The van der Waals surface area contributed by atoms with Gasteiger partial charge in [0.25, 0.3) is 0 Å². The van der Waals surface area contributed by atoms with Crippen LogP contribution in [-0.2, 0) is 95.0 Å². The number of unbranched alkanes of at least 4 members (excludes halogenated alkanes) is 6. The molecule has 0 unspecified atom stereocenters. The standard InChI is InChI=1S/C81H160N4O20S8/c1-7-9-26-82(30-34-94-46-50-102-58-54-98-42-38-90-3)78(86)22-74-110-68-16-12-64-107-71-20-28-84(32-36-96-48-52-104-60-56-100-44-40-92-5)80(88)24-76-112-70-18-14-66-109-73-21-29-85(33-37-97-49-53-105-61-57-101-45-41-93-6)81(89)25-77-113-69-17-13-65-108-72-19-27-83(31-35-95-47-51-103-59-55-99-43-39-91-4)79(87)23-75-111-67-15-11-63-106-62-10-8-2/h7-77H2,1-6H3/i2D. The van der Waals surface area contributed by atoms with Gasteiger partial charge in [-0.05, 0) is 153 Å². The maximum absolute atomic E-state index is 13.7. The molecule has 4 amide bonds. The highest BCUT2D eigenvalue weighted by atomic mass is 32.2. The molecule has 0 saturated heterocycles. The van der Waals surface area contributed by atoms with Gasteiger partial charge >= 0.3 is 0 Å². The third-order valence-electron chi connectivity index (χ3n) is 16.8. The first-order chi connectivity index (χ1) is 56.3. The van der Waals surface area contributed by atoms with Crippen LogP contribution in [0.25, 0.3) is 0 Å². The van der Waals surface area contributed by atoms with Gasteiger partial charge in [0.05, 0.1) is 185 Å². The summed E-state index contributed by atoms with van der Waals surface area (Å²) in [5.41, 5.74) is 0. The summed E-state index contributed by atoms with van der Waals surface area (Å²) in [6.07, 6.45) is 18.2. The summed E-state index contributed by atoms with van der Waals surface area (Å²) in [5, 5.41) is 0. The lowest BCUT2D eigenvalue weighted by molar-refractivity contribution is -0.132. The Balaban J connectivity index is 4.91.